The highest BCUT2D eigenvalue weighted by Gasteiger charge is 2.48. The van der Waals surface area contributed by atoms with Crippen LogP contribution in [0.5, 0.6) is 5.75 Å². The Labute approximate surface area is 181 Å². The number of hydrogen-bond acceptors (Lipinski definition) is 6. The van der Waals surface area contributed by atoms with Gasteiger partial charge in [-0.25, -0.2) is 4.39 Å². The number of methoxy groups -OCH3 is 1. The second-order valence-corrected chi connectivity index (χ2v) is 7.27. The lowest BCUT2D eigenvalue weighted by atomic mass is 9.95. The Bertz CT molecular complexity index is 1220. The van der Waals surface area contributed by atoms with Crippen molar-refractivity contribution in [3.8, 4) is 5.75 Å². The molecule has 9 heteroatoms. The third-order valence-corrected chi connectivity index (χ3v) is 5.21. The predicted octanol–water partition coefficient (Wildman–Crippen LogP) is 4.41. The van der Waals surface area contributed by atoms with Crippen LogP contribution < -0.4 is 9.64 Å². The molecule has 1 amide bonds. The second kappa shape index (κ2) is 7.88. The van der Waals surface area contributed by atoms with Crippen molar-refractivity contribution in [3.05, 3.63) is 81.8 Å². The van der Waals surface area contributed by atoms with E-state index in [9.17, 15) is 19.1 Å². The van der Waals surface area contributed by atoms with Crippen molar-refractivity contribution in [3.63, 3.8) is 0 Å². The van der Waals surface area contributed by atoms with Gasteiger partial charge >= 0.3 is 5.91 Å². The maximum atomic E-state index is 13.5. The highest BCUT2D eigenvalue weighted by Crippen LogP contribution is 2.42. The molecule has 0 aliphatic carbocycles. The molecule has 1 saturated heterocycles. The average Bonchev–Trinajstić information content (AvgIpc) is 3.29. The number of carbonyl (C=O) groups excluding carboxylic acids is 2. The molecule has 0 saturated carbocycles. The number of benzene rings is 2. The maximum Gasteiger partial charge on any atom is 0.301 e. The summed E-state index contributed by atoms with van der Waals surface area (Å²) in [6, 6.07) is 10.2. The minimum Gasteiger partial charge on any atom is -0.507 e. The largest absolute Gasteiger partial charge is 0.507 e. The Kier molecular flexibility index (Phi) is 5.24. The number of ketones is 1. The smallest absolute Gasteiger partial charge is 0.301 e. The molecule has 0 bridgehead atoms. The van der Waals surface area contributed by atoms with Crippen LogP contribution in [0.3, 0.4) is 0 Å². The molecule has 1 aliphatic rings. The van der Waals surface area contributed by atoms with Crippen LogP contribution in [-0.4, -0.2) is 29.1 Å². The fourth-order valence-corrected chi connectivity index (χ4v) is 3.72. The Morgan fingerprint density at radius 3 is 2.48 bits per heavy atom. The Hall–Kier alpha value is -3.65. The lowest BCUT2D eigenvalue weighted by molar-refractivity contribution is -0.132. The lowest BCUT2D eigenvalue weighted by Gasteiger charge is -2.22. The predicted molar refractivity (Wildman–Crippen MR) is 110 cm³/mol. The Balaban J connectivity index is 1.93. The molecule has 1 unspecified atom stereocenters. The summed E-state index contributed by atoms with van der Waals surface area (Å²) in [6.45, 7) is 1.64. The van der Waals surface area contributed by atoms with Gasteiger partial charge in [-0.3, -0.25) is 14.5 Å². The number of hydrogen-bond donors (Lipinski definition) is 1. The number of carbonyl (C=O) groups is 2. The zero-order valence-electron chi connectivity index (χ0n) is 16.4. The van der Waals surface area contributed by atoms with Gasteiger partial charge in [0.1, 0.15) is 23.1 Å². The molecule has 0 spiro atoms. The van der Waals surface area contributed by atoms with Crippen LogP contribution >= 0.6 is 11.6 Å². The van der Waals surface area contributed by atoms with E-state index in [1.165, 1.54) is 55.6 Å². The summed E-state index contributed by atoms with van der Waals surface area (Å²) in [4.78, 5) is 27.0. The van der Waals surface area contributed by atoms with Crippen LogP contribution in [0.15, 0.2) is 58.6 Å². The third kappa shape index (κ3) is 3.55. The van der Waals surface area contributed by atoms with Crippen molar-refractivity contribution in [1.82, 2.24) is 5.16 Å². The van der Waals surface area contributed by atoms with Gasteiger partial charge in [0.05, 0.1) is 23.7 Å². The van der Waals surface area contributed by atoms with Crippen LogP contribution in [0, 0.1) is 12.7 Å². The van der Waals surface area contributed by atoms with Crippen LogP contribution in [0.25, 0.3) is 5.76 Å². The number of rotatable bonds is 4. The van der Waals surface area contributed by atoms with Crippen LogP contribution in [-0.2, 0) is 9.59 Å². The first-order chi connectivity index (χ1) is 14.8. The van der Waals surface area contributed by atoms with Gasteiger partial charge in [-0.15, -0.1) is 0 Å². The molecule has 1 aliphatic heterocycles. The van der Waals surface area contributed by atoms with E-state index in [2.05, 4.69) is 5.16 Å². The summed E-state index contributed by atoms with van der Waals surface area (Å²) >= 11 is 6.16. The molecular formula is C22H16ClFN2O5. The van der Waals surface area contributed by atoms with Gasteiger partial charge in [0.15, 0.2) is 5.82 Å². The van der Waals surface area contributed by atoms with Gasteiger partial charge < -0.3 is 14.4 Å². The number of aliphatic hydroxyl groups is 1. The van der Waals surface area contributed by atoms with Gasteiger partial charge in [0.2, 0.25) is 0 Å². The summed E-state index contributed by atoms with van der Waals surface area (Å²) in [6.07, 6.45) is 0. The summed E-state index contributed by atoms with van der Waals surface area (Å²) in [5.41, 5.74) is 0.438. The molecular weight excluding hydrogens is 427 g/mol. The number of amides is 1. The number of Topliss-reactive ketones (excluding diaryl/α,β-unsaturated/α-hetero) is 1. The summed E-state index contributed by atoms with van der Waals surface area (Å²) in [5, 5.41) is 15.1. The molecule has 1 fully saturated rings. The number of ether oxygens (including phenoxy) is 1. The molecule has 31 heavy (non-hydrogen) atoms. The Morgan fingerprint density at radius 2 is 1.90 bits per heavy atom. The fourth-order valence-electron chi connectivity index (χ4n) is 3.47. The summed E-state index contributed by atoms with van der Waals surface area (Å²) in [5.74, 6) is -1.83. The molecule has 1 N–H and O–H groups in total. The highest BCUT2D eigenvalue weighted by atomic mass is 35.5. The number of aryl methyl sites for hydroxylation is 1. The molecule has 2 heterocycles. The minimum absolute atomic E-state index is 0.0979. The van der Waals surface area contributed by atoms with E-state index in [0.29, 0.717) is 17.1 Å². The molecule has 7 nitrogen and oxygen atoms in total. The first-order valence-corrected chi connectivity index (χ1v) is 9.53. The zero-order valence-corrected chi connectivity index (χ0v) is 17.2. The van der Waals surface area contributed by atoms with Gasteiger partial charge in [0.25, 0.3) is 5.78 Å². The number of anilines is 1. The van der Waals surface area contributed by atoms with E-state index in [1.54, 1.807) is 6.92 Å². The van der Waals surface area contributed by atoms with E-state index < -0.39 is 29.3 Å². The standard InChI is InChI=1S/C22H16ClFN2O5/c1-11-9-17(25-31-11)26-19(12-3-6-14(24)7-4-12)18(21(28)22(26)29)20(27)13-5-8-16(30-2)15(23)10-13/h3-10,19,27H,1-2H3. The van der Waals surface area contributed by atoms with E-state index in [-0.39, 0.29) is 22.0 Å². The normalized spacial score (nSPS) is 17.9. The lowest BCUT2D eigenvalue weighted by Crippen LogP contribution is -2.29. The molecule has 1 aromatic heterocycles. The molecule has 158 valence electrons. The molecule has 3 aromatic rings. The first-order valence-electron chi connectivity index (χ1n) is 9.15. The van der Waals surface area contributed by atoms with E-state index in [1.807, 2.05) is 0 Å². The van der Waals surface area contributed by atoms with Gasteiger partial charge in [-0.1, -0.05) is 28.9 Å². The maximum absolute atomic E-state index is 13.5. The van der Waals surface area contributed by atoms with Crippen molar-refractivity contribution < 1.29 is 28.3 Å². The zero-order chi connectivity index (χ0) is 22.3. The van der Waals surface area contributed by atoms with Crippen LogP contribution in [0.1, 0.15) is 22.9 Å². The molecule has 0 radical (unpaired) electrons. The Morgan fingerprint density at radius 1 is 1.19 bits per heavy atom. The van der Waals surface area contributed by atoms with Crippen molar-refractivity contribution in [2.75, 3.05) is 12.0 Å². The van der Waals surface area contributed by atoms with Crippen molar-refractivity contribution in [1.29, 1.82) is 0 Å². The van der Waals surface area contributed by atoms with E-state index >= 15 is 0 Å². The van der Waals surface area contributed by atoms with Crippen LogP contribution in [0.2, 0.25) is 5.02 Å². The first kappa shape index (κ1) is 20.6. The summed E-state index contributed by atoms with van der Waals surface area (Å²) < 4.78 is 23.7. The van der Waals surface area contributed by atoms with Crippen LogP contribution in [0.4, 0.5) is 10.2 Å². The SMILES string of the molecule is COc1ccc(C(O)=C2C(=O)C(=O)N(c3cc(C)on3)C2c2ccc(F)cc2)cc1Cl. The number of aromatic nitrogens is 1. The summed E-state index contributed by atoms with van der Waals surface area (Å²) in [7, 11) is 1.45. The number of aliphatic hydroxyl groups excluding tert-OH is 1. The van der Waals surface area contributed by atoms with Crippen molar-refractivity contribution in [2.45, 2.75) is 13.0 Å². The fraction of sp³-hybridized carbons (Fsp3) is 0.136. The average molecular weight is 443 g/mol. The topological polar surface area (TPSA) is 92.9 Å². The molecule has 2 aromatic carbocycles. The van der Waals surface area contributed by atoms with E-state index in [4.69, 9.17) is 20.9 Å². The van der Waals surface area contributed by atoms with Gasteiger partial charge in [0, 0.05) is 11.6 Å². The van der Waals surface area contributed by atoms with E-state index in [0.717, 1.165) is 4.90 Å². The third-order valence-electron chi connectivity index (χ3n) is 4.92. The molecule has 4 rings (SSSR count). The monoisotopic (exact) mass is 442 g/mol. The second-order valence-electron chi connectivity index (χ2n) is 6.87. The number of nitrogens with zero attached hydrogens (tertiary/aromatic N) is 2. The van der Waals surface area contributed by atoms with Crippen molar-refractivity contribution >= 4 is 34.9 Å². The molecule has 1 atom stereocenters. The quantitative estimate of drug-likeness (QED) is 0.365. The van der Waals surface area contributed by atoms with Crippen molar-refractivity contribution in [2.24, 2.45) is 0 Å². The highest BCUT2D eigenvalue weighted by molar-refractivity contribution is 6.51. The number of halogens is 2. The minimum atomic E-state index is -1.05. The van der Waals surface area contributed by atoms with Gasteiger partial charge in [-0.05, 0) is 42.8 Å². The van der Waals surface area contributed by atoms with Gasteiger partial charge in [-0.2, -0.15) is 0 Å².